The summed E-state index contributed by atoms with van der Waals surface area (Å²) >= 11 is 0. The number of ether oxygens (including phenoxy) is 1. The molecule has 0 bridgehead atoms. The summed E-state index contributed by atoms with van der Waals surface area (Å²) in [6, 6.07) is 12.8. The number of furan rings is 1. The Morgan fingerprint density at radius 2 is 1.71 bits per heavy atom. The standard InChI is InChI=1S/C28H34N4O5S.C2HF3O2/c1-18-11-23(36-6)12-19(2)25(18)38(34,35)32(5)15-24-13-22(16-37-24)27(33)29-14-20-7-9-21(10-8-20)26-30-17-28(3,4)31-26;3-2(4,5)1(6)7/h7-13,16H,14-15,17H2,1-6H3,(H,29,33)(H,30,31);(H,6,7). The van der Waals surface area contributed by atoms with Crippen molar-refractivity contribution in [3.05, 3.63) is 82.3 Å². The third kappa shape index (κ3) is 9.08. The Labute approximate surface area is 259 Å². The number of benzene rings is 2. The van der Waals surface area contributed by atoms with Crippen LogP contribution in [0.5, 0.6) is 5.75 Å². The number of halogens is 3. The van der Waals surface area contributed by atoms with E-state index in [0.717, 1.165) is 23.5 Å². The number of carboxylic acids is 1. The summed E-state index contributed by atoms with van der Waals surface area (Å²) in [6.07, 6.45) is -3.75. The fourth-order valence-electron chi connectivity index (χ4n) is 4.38. The van der Waals surface area contributed by atoms with Crippen LogP contribution in [0, 0.1) is 13.8 Å². The van der Waals surface area contributed by atoms with E-state index in [1.54, 1.807) is 39.2 Å². The van der Waals surface area contributed by atoms with Crippen molar-refractivity contribution < 1.29 is 45.4 Å². The van der Waals surface area contributed by atoms with Crippen LogP contribution in [-0.4, -0.2) is 68.0 Å². The lowest BCUT2D eigenvalue weighted by atomic mass is 10.1. The minimum absolute atomic E-state index is 0.0172. The van der Waals surface area contributed by atoms with Crippen LogP contribution in [-0.2, 0) is 27.9 Å². The minimum atomic E-state index is -5.08. The van der Waals surface area contributed by atoms with Crippen LogP contribution < -0.4 is 15.4 Å². The summed E-state index contributed by atoms with van der Waals surface area (Å²) in [7, 11) is -0.767. The average Bonchev–Trinajstić information content (AvgIpc) is 3.57. The molecule has 3 aromatic rings. The van der Waals surface area contributed by atoms with Crippen molar-refractivity contribution in [2.75, 3.05) is 20.7 Å². The van der Waals surface area contributed by atoms with Crippen LogP contribution in [0.15, 0.2) is 63.0 Å². The fraction of sp³-hybridized carbons (Fsp3) is 0.367. The number of amides is 1. The Hall–Kier alpha value is -4.37. The molecule has 0 saturated heterocycles. The molecule has 4 rings (SSSR count). The zero-order chi connectivity index (χ0) is 33.7. The predicted molar refractivity (Wildman–Crippen MR) is 160 cm³/mol. The first kappa shape index (κ1) is 35.1. The first-order chi connectivity index (χ1) is 20.8. The highest BCUT2D eigenvalue weighted by molar-refractivity contribution is 7.89. The second-order valence-electron chi connectivity index (χ2n) is 11.0. The lowest BCUT2D eigenvalue weighted by Gasteiger charge is -2.19. The smallest absolute Gasteiger partial charge is 0.490 e. The third-order valence-corrected chi connectivity index (χ3v) is 8.75. The number of carboxylic acid groups (broad SMARTS) is 1. The van der Waals surface area contributed by atoms with Gasteiger partial charge in [-0.1, -0.05) is 24.3 Å². The van der Waals surface area contributed by atoms with Gasteiger partial charge in [0.2, 0.25) is 10.0 Å². The van der Waals surface area contributed by atoms with E-state index < -0.39 is 22.2 Å². The number of hydrogen-bond donors (Lipinski definition) is 3. The summed E-state index contributed by atoms with van der Waals surface area (Å²) in [4.78, 5) is 26.4. The van der Waals surface area contributed by atoms with Crippen molar-refractivity contribution in [1.82, 2.24) is 14.9 Å². The van der Waals surface area contributed by atoms with Crippen LogP contribution >= 0.6 is 0 Å². The summed E-state index contributed by atoms with van der Waals surface area (Å²) < 4.78 is 70.2. The van der Waals surface area contributed by atoms with E-state index in [0.29, 0.717) is 34.7 Å². The molecular weight excluding hydrogens is 617 g/mol. The van der Waals surface area contributed by atoms with Gasteiger partial charge in [0.25, 0.3) is 5.91 Å². The van der Waals surface area contributed by atoms with E-state index in [1.165, 1.54) is 17.6 Å². The maximum Gasteiger partial charge on any atom is 0.490 e. The minimum Gasteiger partial charge on any atom is -0.497 e. The average molecular weight is 653 g/mol. The third-order valence-electron chi connectivity index (χ3n) is 6.64. The molecule has 0 aliphatic carbocycles. The van der Waals surface area contributed by atoms with Gasteiger partial charge in [-0.25, -0.2) is 13.2 Å². The molecule has 1 aromatic heterocycles. The molecule has 0 unspecified atom stereocenters. The van der Waals surface area contributed by atoms with E-state index in [1.807, 2.05) is 24.3 Å². The quantitative estimate of drug-likeness (QED) is 0.308. The number of amidine groups is 1. The first-order valence-corrected chi connectivity index (χ1v) is 15.0. The van der Waals surface area contributed by atoms with Gasteiger partial charge >= 0.3 is 12.1 Å². The molecule has 11 nitrogen and oxygen atoms in total. The van der Waals surface area contributed by atoms with E-state index in [2.05, 4.69) is 29.5 Å². The van der Waals surface area contributed by atoms with E-state index in [-0.39, 0.29) is 22.9 Å². The van der Waals surface area contributed by atoms with Gasteiger partial charge in [0.05, 0.1) is 36.2 Å². The van der Waals surface area contributed by atoms with Gasteiger partial charge in [-0.2, -0.15) is 17.5 Å². The zero-order valence-corrected chi connectivity index (χ0v) is 26.4. The predicted octanol–water partition coefficient (Wildman–Crippen LogP) is 4.42. The molecule has 2 aromatic carbocycles. The Morgan fingerprint density at radius 3 is 2.20 bits per heavy atom. The molecule has 15 heteroatoms. The highest BCUT2D eigenvalue weighted by atomic mass is 32.2. The van der Waals surface area contributed by atoms with Crippen LogP contribution in [0.25, 0.3) is 0 Å². The number of alkyl halides is 3. The summed E-state index contributed by atoms with van der Waals surface area (Å²) in [5.74, 6) is -1.22. The van der Waals surface area contributed by atoms with Crippen molar-refractivity contribution in [3.63, 3.8) is 0 Å². The van der Waals surface area contributed by atoms with E-state index in [9.17, 15) is 26.4 Å². The summed E-state index contributed by atoms with van der Waals surface area (Å²) in [6.45, 7) is 8.74. The Kier molecular flexibility index (Phi) is 10.7. The molecule has 0 saturated carbocycles. The molecule has 45 heavy (non-hydrogen) atoms. The number of aliphatic imine (C=N–C) groups is 1. The van der Waals surface area contributed by atoms with E-state index >= 15 is 0 Å². The van der Waals surface area contributed by atoms with Crippen LogP contribution in [0.2, 0.25) is 0 Å². The van der Waals surface area contributed by atoms with Crippen molar-refractivity contribution in [3.8, 4) is 5.75 Å². The van der Waals surface area contributed by atoms with Gasteiger partial charge in [-0.3, -0.25) is 9.79 Å². The Morgan fingerprint density at radius 1 is 1.13 bits per heavy atom. The largest absolute Gasteiger partial charge is 0.497 e. The molecule has 0 radical (unpaired) electrons. The van der Waals surface area contributed by atoms with Gasteiger partial charge in [0, 0.05) is 19.2 Å². The van der Waals surface area contributed by atoms with Gasteiger partial charge < -0.3 is 24.9 Å². The number of aryl methyl sites for hydroxylation is 2. The number of sulfonamides is 1. The second kappa shape index (κ2) is 13.7. The highest BCUT2D eigenvalue weighted by Gasteiger charge is 2.38. The van der Waals surface area contributed by atoms with Crippen molar-refractivity contribution in [2.45, 2.75) is 57.4 Å². The number of carbonyl (C=O) groups excluding carboxylic acids is 1. The van der Waals surface area contributed by atoms with Gasteiger partial charge in [0.15, 0.2) is 0 Å². The summed E-state index contributed by atoms with van der Waals surface area (Å²) in [5, 5.41) is 13.4. The van der Waals surface area contributed by atoms with Gasteiger partial charge in [0.1, 0.15) is 23.6 Å². The number of hydrogen-bond acceptors (Lipinski definition) is 8. The lowest BCUT2D eigenvalue weighted by Crippen LogP contribution is -2.39. The maximum atomic E-state index is 13.3. The van der Waals surface area contributed by atoms with Gasteiger partial charge in [-0.15, -0.1) is 0 Å². The van der Waals surface area contributed by atoms with Crippen molar-refractivity contribution in [1.29, 1.82) is 0 Å². The Bertz CT molecular complexity index is 1660. The molecule has 244 valence electrons. The fourth-order valence-corrected chi connectivity index (χ4v) is 5.92. The number of aliphatic carboxylic acids is 1. The molecule has 0 spiro atoms. The molecule has 1 aliphatic heterocycles. The molecule has 1 amide bonds. The normalized spacial score (nSPS) is 14.2. The van der Waals surface area contributed by atoms with Crippen LogP contribution in [0.4, 0.5) is 13.2 Å². The molecule has 1 aliphatic rings. The lowest BCUT2D eigenvalue weighted by molar-refractivity contribution is -0.192. The monoisotopic (exact) mass is 652 g/mol. The number of carbonyl (C=O) groups is 2. The topological polar surface area (TPSA) is 151 Å². The summed E-state index contributed by atoms with van der Waals surface area (Å²) in [5.41, 5.74) is 3.42. The molecule has 3 N–H and O–H groups in total. The molecule has 0 atom stereocenters. The zero-order valence-electron chi connectivity index (χ0n) is 25.6. The number of nitrogens with zero attached hydrogens (tertiary/aromatic N) is 2. The SMILES string of the molecule is COc1cc(C)c(S(=O)(=O)N(C)Cc2cc(C(=O)NCc3ccc(C4=NCC(C)(C)N4)cc3)co2)c(C)c1.O=C(O)C(F)(F)F. The Balaban J connectivity index is 0.000000707. The van der Waals surface area contributed by atoms with Crippen LogP contribution in [0.3, 0.4) is 0 Å². The van der Waals surface area contributed by atoms with Crippen molar-refractivity contribution >= 4 is 27.7 Å². The molecule has 2 heterocycles. The van der Waals surface area contributed by atoms with E-state index in [4.69, 9.17) is 19.1 Å². The first-order valence-electron chi connectivity index (χ1n) is 13.5. The number of rotatable bonds is 9. The van der Waals surface area contributed by atoms with Gasteiger partial charge in [-0.05, 0) is 62.6 Å². The molecular formula is C30H35F3N4O7S. The highest BCUT2D eigenvalue weighted by Crippen LogP contribution is 2.28. The number of nitrogens with one attached hydrogen (secondary N) is 2. The molecule has 0 fully saturated rings. The van der Waals surface area contributed by atoms with Crippen molar-refractivity contribution in [2.24, 2.45) is 4.99 Å². The number of methoxy groups -OCH3 is 1. The maximum absolute atomic E-state index is 13.3. The second-order valence-corrected chi connectivity index (χ2v) is 13.0. The van der Waals surface area contributed by atoms with Crippen LogP contribution in [0.1, 0.15) is 52.2 Å².